The average Bonchev–Trinajstić information content (AvgIpc) is 3.45. The standard InChI is InChI=1S/C20H24ClN3O/c21-17-14-22-19(23-15-17)24-11-6-16(7-12-24)20(8-9-20)10-13-25-18-4-2-1-3-5-18/h1-5,14-16H,6-13H2. The van der Waals surface area contributed by atoms with E-state index in [4.69, 9.17) is 16.3 Å². The van der Waals surface area contributed by atoms with E-state index in [1.54, 1.807) is 12.4 Å². The summed E-state index contributed by atoms with van der Waals surface area (Å²) < 4.78 is 5.93. The minimum atomic E-state index is 0.516. The Kier molecular flexibility index (Phi) is 4.80. The van der Waals surface area contributed by atoms with Crippen molar-refractivity contribution in [3.05, 3.63) is 47.7 Å². The second-order valence-corrected chi connectivity index (χ2v) is 7.67. The number of hydrogen-bond donors (Lipinski definition) is 0. The summed E-state index contributed by atoms with van der Waals surface area (Å²) in [4.78, 5) is 11.0. The Morgan fingerprint density at radius 1 is 1.08 bits per heavy atom. The summed E-state index contributed by atoms with van der Waals surface area (Å²) in [6.07, 6.45) is 9.68. The van der Waals surface area contributed by atoms with Crippen molar-refractivity contribution in [1.82, 2.24) is 9.97 Å². The zero-order valence-corrected chi connectivity index (χ0v) is 15.2. The molecule has 1 aromatic carbocycles. The van der Waals surface area contributed by atoms with Gasteiger partial charge >= 0.3 is 0 Å². The minimum Gasteiger partial charge on any atom is -0.494 e. The molecule has 5 heteroatoms. The molecule has 1 saturated heterocycles. The molecule has 2 aromatic rings. The summed E-state index contributed by atoms with van der Waals surface area (Å²) >= 11 is 5.88. The monoisotopic (exact) mass is 357 g/mol. The molecule has 1 saturated carbocycles. The number of rotatable bonds is 6. The van der Waals surface area contributed by atoms with Gasteiger partial charge in [0.15, 0.2) is 0 Å². The van der Waals surface area contributed by atoms with E-state index in [1.807, 2.05) is 30.3 Å². The Balaban J connectivity index is 1.27. The molecular formula is C20H24ClN3O. The number of nitrogens with zero attached hydrogens (tertiary/aromatic N) is 3. The first-order valence-corrected chi connectivity index (χ1v) is 9.53. The normalized spacial score (nSPS) is 19.6. The molecule has 1 aliphatic heterocycles. The Bertz CT molecular complexity index is 680. The van der Waals surface area contributed by atoms with Crippen LogP contribution >= 0.6 is 11.6 Å². The molecule has 4 nitrogen and oxygen atoms in total. The number of benzene rings is 1. The van der Waals surface area contributed by atoms with E-state index < -0.39 is 0 Å². The number of para-hydroxylation sites is 1. The van der Waals surface area contributed by atoms with Crippen molar-refractivity contribution in [3.8, 4) is 5.75 Å². The lowest BCUT2D eigenvalue weighted by Gasteiger charge is -2.36. The van der Waals surface area contributed by atoms with Crippen LogP contribution in [0.2, 0.25) is 5.02 Å². The predicted molar refractivity (Wildman–Crippen MR) is 100 cm³/mol. The third kappa shape index (κ3) is 3.90. The van der Waals surface area contributed by atoms with Gasteiger partial charge in [-0.25, -0.2) is 9.97 Å². The van der Waals surface area contributed by atoms with E-state index in [2.05, 4.69) is 14.9 Å². The lowest BCUT2D eigenvalue weighted by Crippen LogP contribution is -2.38. The van der Waals surface area contributed by atoms with Gasteiger partial charge in [0, 0.05) is 13.1 Å². The van der Waals surface area contributed by atoms with E-state index in [0.29, 0.717) is 10.4 Å². The Labute approximate surface area is 154 Å². The van der Waals surface area contributed by atoms with E-state index in [1.165, 1.54) is 32.1 Å². The number of hydrogen-bond acceptors (Lipinski definition) is 4. The van der Waals surface area contributed by atoms with Crippen LogP contribution in [0.5, 0.6) is 5.75 Å². The second-order valence-electron chi connectivity index (χ2n) is 7.24. The smallest absolute Gasteiger partial charge is 0.225 e. The van der Waals surface area contributed by atoms with E-state index in [0.717, 1.165) is 37.3 Å². The van der Waals surface area contributed by atoms with Crippen molar-refractivity contribution < 1.29 is 4.74 Å². The molecule has 1 aromatic heterocycles. The van der Waals surface area contributed by atoms with Crippen molar-refractivity contribution >= 4 is 17.5 Å². The van der Waals surface area contributed by atoms with Crippen LogP contribution < -0.4 is 9.64 Å². The van der Waals surface area contributed by atoms with Gasteiger partial charge in [0.1, 0.15) is 5.75 Å². The van der Waals surface area contributed by atoms with Gasteiger partial charge in [0.25, 0.3) is 0 Å². The molecule has 132 valence electrons. The summed E-state index contributed by atoms with van der Waals surface area (Å²) in [6, 6.07) is 10.1. The van der Waals surface area contributed by atoms with Crippen molar-refractivity contribution in [3.63, 3.8) is 0 Å². The largest absolute Gasteiger partial charge is 0.494 e. The van der Waals surface area contributed by atoms with Gasteiger partial charge in [0.05, 0.1) is 24.0 Å². The van der Waals surface area contributed by atoms with Crippen molar-refractivity contribution in [1.29, 1.82) is 0 Å². The summed E-state index contributed by atoms with van der Waals surface area (Å²) in [6.45, 7) is 2.89. The maximum atomic E-state index is 5.93. The maximum Gasteiger partial charge on any atom is 0.225 e. The van der Waals surface area contributed by atoms with Crippen LogP contribution in [-0.2, 0) is 0 Å². The third-order valence-electron chi connectivity index (χ3n) is 5.75. The highest BCUT2D eigenvalue weighted by atomic mass is 35.5. The first-order valence-electron chi connectivity index (χ1n) is 9.16. The molecule has 4 rings (SSSR count). The van der Waals surface area contributed by atoms with Gasteiger partial charge in [-0.1, -0.05) is 29.8 Å². The van der Waals surface area contributed by atoms with Crippen LogP contribution in [0.4, 0.5) is 5.95 Å². The maximum absolute atomic E-state index is 5.93. The first-order chi connectivity index (χ1) is 12.3. The zero-order valence-electron chi connectivity index (χ0n) is 14.4. The molecular weight excluding hydrogens is 334 g/mol. The molecule has 0 amide bonds. The van der Waals surface area contributed by atoms with Gasteiger partial charge in [-0.15, -0.1) is 0 Å². The second kappa shape index (κ2) is 7.20. The molecule has 0 radical (unpaired) electrons. The van der Waals surface area contributed by atoms with Crippen LogP contribution in [0.15, 0.2) is 42.7 Å². The van der Waals surface area contributed by atoms with Crippen molar-refractivity contribution in [2.24, 2.45) is 11.3 Å². The number of aromatic nitrogens is 2. The van der Waals surface area contributed by atoms with Crippen LogP contribution in [0.25, 0.3) is 0 Å². The molecule has 2 heterocycles. The molecule has 0 N–H and O–H groups in total. The Morgan fingerprint density at radius 3 is 2.40 bits per heavy atom. The van der Waals surface area contributed by atoms with Crippen molar-refractivity contribution in [2.75, 3.05) is 24.6 Å². The Morgan fingerprint density at radius 2 is 1.76 bits per heavy atom. The molecule has 2 aliphatic rings. The lowest BCUT2D eigenvalue weighted by molar-refractivity contribution is 0.191. The summed E-state index contributed by atoms with van der Waals surface area (Å²) in [5, 5.41) is 0.592. The highest BCUT2D eigenvalue weighted by molar-refractivity contribution is 6.30. The van der Waals surface area contributed by atoms with E-state index >= 15 is 0 Å². The molecule has 2 fully saturated rings. The molecule has 1 aliphatic carbocycles. The fourth-order valence-electron chi connectivity index (χ4n) is 4.07. The molecule has 0 unspecified atom stereocenters. The quantitative estimate of drug-likeness (QED) is 0.757. The number of piperidine rings is 1. The summed E-state index contributed by atoms with van der Waals surface area (Å²) in [5.74, 6) is 2.59. The van der Waals surface area contributed by atoms with Crippen LogP contribution in [0.1, 0.15) is 32.1 Å². The van der Waals surface area contributed by atoms with E-state index in [9.17, 15) is 0 Å². The SMILES string of the molecule is Clc1cnc(N2CCC(C3(CCOc4ccccc4)CC3)CC2)nc1. The number of ether oxygens (including phenoxy) is 1. The summed E-state index contributed by atoms with van der Waals surface area (Å²) in [7, 11) is 0. The van der Waals surface area contributed by atoms with Gasteiger partial charge in [-0.05, 0) is 55.6 Å². The molecule has 25 heavy (non-hydrogen) atoms. The lowest BCUT2D eigenvalue weighted by atomic mass is 9.79. The first kappa shape index (κ1) is 16.6. The van der Waals surface area contributed by atoms with Crippen LogP contribution in [-0.4, -0.2) is 29.7 Å². The van der Waals surface area contributed by atoms with Gasteiger partial charge in [-0.2, -0.15) is 0 Å². The van der Waals surface area contributed by atoms with Crippen molar-refractivity contribution in [2.45, 2.75) is 32.1 Å². The Hall–Kier alpha value is -1.81. The van der Waals surface area contributed by atoms with Gasteiger partial charge in [0.2, 0.25) is 5.95 Å². The fourth-order valence-corrected chi connectivity index (χ4v) is 4.17. The molecule has 0 atom stereocenters. The zero-order chi connectivity index (χ0) is 17.1. The molecule has 0 bridgehead atoms. The van der Waals surface area contributed by atoms with Gasteiger partial charge in [-0.3, -0.25) is 0 Å². The predicted octanol–water partition coefficient (Wildman–Crippen LogP) is 4.60. The van der Waals surface area contributed by atoms with Gasteiger partial charge < -0.3 is 9.64 Å². The highest BCUT2D eigenvalue weighted by Gasteiger charge is 2.49. The topological polar surface area (TPSA) is 38.2 Å². The van der Waals surface area contributed by atoms with Crippen LogP contribution in [0, 0.1) is 11.3 Å². The minimum absolute atomic E-state index is 0.516. The number of halogens is 1. The third-order valence-corrected chi connectivity index (χ3v) is 5.95. The number of anilines is 1. The molecule has 0 spiro atoms. The fraction of sp³-hybridized carbons (Fsp3) is 0.500. The average molecular weight is 358 g/mol. The van der Waals surface area contributed by atoms with E-state index in [-0.39, 0.29) is 0 Å². The summed E-state index contributed by atoms with van der Waals surface area (Å²) in [5.41, 5.74) is 0.516. The van der Waals surface area contributed by atoms with Crippen LogP contribution in [0.3, 0.4) is 0 Å². The highest BCUT2D eigenvalue weighted by Crippen LogP contribution is 2.57.